The highest BCUT2D eigenvalue weighted by molar-refractivity contribution is 5.44. The van der Waals surface area contributed by atoms with Crippen molar-refractivity contribution in [1.82, 2.24) is 4.98 Å². The van der Waals surface area contributed by atoms with Crippen LogP contribution in [0.2, 0.25) is 0 Å². The molecule has 1 unspecified atom stereocenters. The molecule has 2 rings (SSSR count). The summed E-state index contributed by atoms with van der Waals surface area (Å²) in [5.41, 5.74) is 1.16. The molecular weight excluding hydrogens is 282 g/mol. The van der Waals surface area contributed by atoms with Crippen molar-refractivity contribution in [2.45, 2.75) is 26.1 Å². The molecule has 0 aliphatic heterocycles. The van der Waals surface area contributed by atoms with Crippen molar-refractivity contribution >= 4 is 0 Å². The molecule has 0 fully saturated rings. The van der Waals surface area contributed by atoms with Gasteiger partial charge in [-0.1, -0.05) is 0 Å². The zero-order valence-electron chi connectivity index (χ0n) is 13.2. The van der Waals surface area contributed by atoms with Crippen molar-refractivity contribution in [1.29, 1.82) is 0 Å². The zero-order valence-corrected chi connectivity index (χ0v) is 13.2. The Bertz CT molecular complexity index is 611. The molecule has 5 heteroatoms. The lowest BCUT2D eigenvalue weighted by Gasteiger charge is -2.16. The number of hydrogen-bond acceptors (Lipinski definition) is 5. The van der Waals surface area contributed by atoms with Crippen LogP contribution in [0.1, 0.15) is 31.2 Å². The maximum atomic E-state index is 10.5. The summed E-state index contributed by atoms with van der Waals surface area (Å²) in [6, 6.07) is 8.81. The van der Waals surface area contributed by atoms with Gasteiger partial charge in [0.25, 0.3) is 0 Å². The average Bonchev–Trinajstić information content (AvgIpc) is 2.53. The van der Waals surface area contributed by atoms with Crippen molar-refractivity contribution in [3.05, 3.63) is 47.8 Å². The molecule has 1 heterocycles. The summed E-state index contributed by atoms with van der Waals surface area (Å²) in [4.78, 5) is 4.26. The smallest absolute Gasteiger partial charge is 0.137 e. The largest absolute Gasteiger partial charge is 0.497 e. The minimum absolute atomic E-state index is 0.0826. The summed E-state index contributed by atoms with van der Waals surface area (Å²) in [5.74, 6) is 1.89. The Morgan fingerprint density at radius 3 is 2.27 bits per heavy atom. The van der Waals surface area contributed by atoms with Gasteiger partial charge < -0.3 is 19.3 Å². The van der Waals surface area contributed by atoms with E-state index in [0.717, 1.165) is 0 Å². The first-order chi connectivity index (χ1) is 10.5. The average molecular weight is 303 g/mol. The Kier molecular flexibility index (Phi) is 5.22. The summed E-state index contributed by atoms with van der Waals surface area (Å²) < 4.78 is 16.0. The maximum Gasteiger partial charge on any atom is 0.137 e. The molecule has 0 bridgehead atoms. The molecule has 0 saturated carbocycles. The normalized spacial score (nSPS) is 12.1. The number of benzene rings is 1. The Labute approximate surface area is 130 Å². The lowest BCUT2D eigenvalue weighted by atomic mass is 10.0. The number of nitrogens with zero attached hydrogens (tertiary/aromatic N) is 1. The molecular formula is C17H21NO4. The number of ether oxygens (including phenoxy) is 3. The standard InChI is InChI=1S/C17H21NO4/c1-11(2)22-13-6-8-15(18-10-13)17(19)14-7-5-12(20-3)9-16(14)21-4/h5-11,17,19H,1-4H3. The molecule has 1 atom stereocenters. The fourth-order valence-corrected chi connectivity index (χ4v) is 2.10. The van der Waals surface area contributed by atoms with E-state index in [9.17, 15) is 5.11 Å². The highest BCUT2D eigenvalue weighted by Crippen LogP contribution is 2.32. The monoisotopic (exact) mass is 303 g/mol. The molecule has 1 aromatic carbocycles. The molecule has 0 amide bonds. The Hall–Kier alpha value is -2.27. The molecule has 118 valence electrons. The van der Waals surface area contributed by atoms with Gasteiger partial charge in [-0.3, -0.25) is 4.98 Å². The first-order valence-corrected chi connectivity index (χ1v) is 7.07. The summed E-state index contributed by atoms with van der Waals surface area (Å²) >= 11 is 0. The minimum atomic E-state index is -0.881. The van der Waals surface area contributed by atoms with Gasteiger partial charge in [0.05, 0.1) is 32.2 Å². The van der Waals surface area contributed by atoms with Gasteiger partial charge >= 0.3 is 0 Å². The van der Waals surface area contributed by atoms with E-state index in [1.165, 1.54) is 0 Å². The van der Waals surface area contributed by atoms with E-state index < -0.39 is 6.10 Å². The van der Waals surface area contributed by atoms with E-state index in [2.05, 4.69) is 4.98 Å². The van der Waals surface area contributed by atoms with Crippen molar-refractivity contribution in [2.24, 2.45) is 0 Å². The van der Waals surface area contributed by atoms with Crippen LogP contribution in [0.3, 0.4) is 0 Å². The molecule has 0 saturated heterocycles. The van der Waals surface area contributed by atoms with Gasteiger partial charge in [0.15, 0.2) is 0 Å². The Morgan fingerprint density at radius 2 is 1.73 bits per heavy atom. The van der Waals surface area contributed by atoms with Crippen molar-refractivity contribution in [3.63, 3.8) is 0 Å². The second-order valence-corrected chi connectivity index (χ2v) is 5.10. The summed E-state index contributed by atoms with van der Waals surface area (Å²) in [6.45, 7) is 3.90. The number of rotatable bonds is 6. The van der Waals surface area contributed by atoms with Gasteiger partial charge in [0, 0.05) is 11.6 Å². The number of methoxy groups -OCH3 is 2. The molecule has 1 N–H and O–H groups in total. The van der Waals surface area contributed by atoms with Crippen molar-refractivity contribution in [3.8, 4) is 17.2 Å². The van der Waals surface area contributed by atoms with Gasteiger partial charge in [-0.25, -0.2) is 0 Å². The third kappa shape index (κ3) is 3.68. The Balaban J connectivity index is 2.25. The third-order valence-corrected chi connectivity index (χ3v) is 3.15. The number of aliphatic hydroxyl groups is 1. The SMILES string of the molecule is COc1ccc(C(O)c2ccc(OC(C)C)cn2)c(OC)c1. The van der Waals surface area contributed by atoms with E-state index in [-0.39, 0.29) is 6.10 Å². The molecule has 0 aliphatic rings. The van der Waals surface area contributed by atoms with E-state index in [1.807, 2.05) is 13.8 Å². The van der Waals surface area contributed by atoms with Crippen LogP contribution < -0.4 is 14.2 Å². The molecule has 22 heavy (non-hydrogen) atoms. The van der Waals surface area contributed by atoms with E-state index in [1.54, 1.807) is 50.7 Å². The zero-order chi connectivity index (χ0) is 16.1. The van der Waals surface area contributed by atoms with Crippen LogP contribution in [0.5, 0.6) is 17.2 Å². The van der Waals surface area contributed by atoms with E-state index >= 15 is 0 Å². The van der Waals surface area contributed by atoms with E-state index in [0.29, 0.717) is 28.5 Å². The molecule has 5 nitrogen and oxygen atoms in total. The topological polar surface area (TPSA) is 60.8 Å². The van der Waals surface area contributed by atoms with Crippen LogP contribution in [-0.2, 0) is 0 Å². The van der Waals surface area contributed by atoms with Crippen LogP contribution in [0.4, 0.5) is 0 Å². The highest BCUT2D eigenvalue weighted by atomic mass is 16.5. The minimum Gasteiger partial charge on any atom is -0.497 e. The Morgan fingerprint density at radius 1 is 1.00 bits per heavy atom. The summed E-state index contributed by atoms with van der Waals surface area (Å²) in [5, 5.41) is 10.5. The number of aliphatic hydroxyl groups excluding tert-OH is 1. The van der Waals surface area contributed by atoms with Crippen LogP contribution >= 0.6 is 0 Å². The van der Waals surface area contributed by atoms with Crippen LogP contribution in [-0.4, -0.2) is 30.4 Å². The van der Waals surface area contributed by atoms with Crippen LogP contribution in [0, 0.1) is 0 Å². The molecule has 0 aliphatic carbocycles. The highest BCUT2D eigenvalue weighted by Gasteiger charge is 2.17. The number of pyridine rings is 1. The van der Waals surface area contributed by atoms with Crippen molar-refractivity contribution < 1.29 is 19.3 Å². The predicted octanol–water partition coefficient (Wildman–Crippen LogP) is 2.97. The van der Waals surface area contributed by atoms with E-state index in [4.69, 9.17) is 14.2 Å². The molecule has 1 aromatic heterocycles. The quantitative estimate of drug-likeness (QED) is 0.889. The lowest BCUT2D eigenvalue weighted by Crippen LogP contribution is -2.08. The first-order valence-electron chi connectivity index (χ1n) is 7.07. The van der Waals surface area contributed by atoms with Crippen LogP contribution in [0.25, 0.3) is 0 Å². The van der Waals surface area contributed by atoms with Gasteiger partial charge in [-0.05, 0) is 38.1 Å². The lowest BCUT2D eigenvalue weighted by molar-refractivity contribution is 0.208. The first kappa shape index (κ1) is 16.1. The van der Waals surface area contributed by atoms with Gasteiger partial charge in [0.2, 0.25) is 0 Å². The third-order valence-electron chi connectivity index (χ3n) is 3.15. The molecule has 0 spiro atoms. The summed E-state index contributed by atoms with van der Waals surface area (Å²) in [7, 11) is 3.14. The second kappa shape index (κ2) is 7.13. The second-order valence-electron chi connectivity index (χ2n) is 5.10. The van der Waals surface area contributed by atoms with Crippen LogP contribution in [0.15, 0.2) is 36.5 Å². The molecule has 0 radical (unpaired) electrons. The van der Waals surface area contributed by atoms with Gasteiger partial charge in [0.1, 0.15) is 23.4 Å². The number of aromatic nitrogens is 1. The fourth-order valence-electron chi connectivity index (χ4n) is 2.10. The van der Waals surface area contributed by atoms with Gasteiger partial charge in [-0.15, -0.1) is 0 Å². The summed E-state index contributed by atoms with van der Waals surface area (Å²) in [6.07, 6.45) is 0.808. The fraction of sp³-hybridized carbons (Fsp3) is 0.353. The molecule has 2 aromatic rings. The predicted molar refractivity (Wildman–Crippen MR) is 83.6 cm³/mol. The maximum absolute atomic E-state index is 10.5. The van der Waals surface area contributed by atoms with Gasteiger partial charge in [-0.2, -0.15) is 0 Å². The number of hydrogen-bond donors (Lipinski definition) is 1. The van der Waals surface area contributed by atoms with Crippen molar-refractivity contribution in [2.75, 3.05) is 14.2 Å².